The molecule has 1 aromatic carbocycles. The zero-order valence-electron chi connectivity index (χ0n) is 35.5. The van der Waals surface area contributed by atoms with Crippen LogP contribution >= 0.6 is 54.8 Å². The number of halogens is 3. The summed E-state index contributed by atoms with van der Waals surface area (Å²) in [5.41, 5.74) is -0.867. The number of hydrogen-bond acceptors (Lipinski definition) is 23. The molecule has 7 rings (SSSR count). The molecule has 6 heterocycles. The van der Waals surface area contributed by atoms with E-state index in [9.17, 15) is 70.8 Å². The number of anilines is 1. The molecule has 0 spiro atoms. The summed E-state index contributed by atoms with van der Waals surface area (Å²) < 4.78 is 137. The van der Waals surface area contributed by atoms with E-state index in [1.165, 1.54) is 11.8 Å². The molecule has 3 aliphatic rings. The fourth-order valence-electron chi connectivity index (χ4n) is 6.99. The van der Waals surface area contributed by atoms with E-state index in [1.807, 2.05) is 11.2 Å². The predicted molar refractivity (Wildman–Crippen MR) is 233 cm³/mol. The number of imidazole rings is 1. The molecule has 0 saturated carbocycles. The molecule has 0 amide bonds. The lowest BCUT2D eigenvalue weighted by Crippen LogP contribution is -2.36. The van der Waals surface area contributed by atoms with Gasteiger partial charge in [-0.2, -0.15) is 37.9 Å². The van der Waals surface area contributed by atoms with Gasteiger partial charge in [-0.15, -0.1) is 0 Å². The largest absolute Gasteiger partial charge is 0.490 e. The van der Waals surface area contributed by atoms with E-state index in [0.717, 1.165) is 33.3 Å². The number of rotatable bonds is 23. The van der Waals surface area contributed by atoms with Gasteiger partial charge in [-0.3, -0.25) is 28.0 Å². The first-order chi connectivity index (χ1) is 32.8. The summed E-state index contributed by atoms with van der Waals surface area (Å²) in [6, 6.07) is 9.85. The molecule has 70 heavy (non-hydrogen) atoms. The second kappa shape index (κ2) is 22.3. The van der Waals surface area contributed by atoms with Gasteiger partial charge in [0, 0.05) is 36.7 Å². The van der Waals surface area contributed by atoms with E-state index in [4.69, 9.17) is 23.5 Å². The Labute approximate surface area is 399 Å². The third-order valence-corrected chi connectivity index (χ3v) is 17.3. The quantitative estimate of drug-likeness (QED) is 0.0229. The van der Waals surface area contributed by atoms with Crippen molar-refractivity contribution in [1.82, 2.24) is 29.1 Å². The van der Waals surface area contributed by atoms with Gasteiger partial charge in [0.25, 0.3) is 5.56 Å². The van der Waals surface area contributed by atoms with Gasteiger partial charge in [0.2, 0.25) is 0 Å². The van der Waals surface area contributed by atoms with Crippen LogP contribution in [0.4, 0.5) is 19.0 Å². The van der Waals surface area contributed by atoms with Crippen molar-refractivity contribution in [3.8, 4) is 0 Å². The van der Waals surface area contributed by atoms with E-state index in [1.54, 1.807) is 30.3 Å². The number of benzene rings is 1. The maximum atomic E-state index is 12.9. The van der Waals surface area contributed by atoms with Gasteiger partial charge in [-0.25, -0.2) is 38.0 Å². The van der Waals surface area contributed by atoms with Crippen molar-refractivity contribution in [3.05, 3.63) is 75.3 Å². The number of thioether (sulfide) groups is 2. The zero-order chi connectivity index (χ0) is 50.8. The van der Waals surface area contributed by atoms with Crippen LogP contribution in [-0.4, -0.2) is 145 Å². The highest BCUT2D eigenvalue weighted by atomic mass is 32.2. The minimum atomic E-state index is -6.30. The number of aliphatic hydroxyl groups excluding tert-OH is 2. The molecule has 0 bridgehead atoms. The van der Waals surface area contributed by atoms with Gasteiger partial charge in [-0.1, -0.05) is 42.1 Å². The van der Waals surface area contributed by atoms with Crippen molar-refractivity contribution >= 4 is 71.8 Å². The smallest absolute Gasteiger partial charge is 0.387 e. The monoisotopic (exact) mass is 1120 g/mol. The van der Waals surface area contributed by atoms with Crippen molar-refractivity contribution in [2.45, 2.75) is 79.5 Å². The summed E-state index contributed by atoms with van der Waals surface area (Å²) in [6.07, 6.45) is -14.4. The van der Waals surface area contributed by atoms with Crippen LogP contribution < -0.4 is 16.6 Å². The fourth-order valence-corrected chi connectivity index (χ4v) is 13.1. The summed E-state index contributed by atoms with van der Waals surface area (Å²) >= 11 is 2.15. The average molecular weight is 1120 g/mol. The Hall–Kier alpha value is -2.94. The predicted octanol–water partition coefficient (Wildman–Crippen LogP) is 2.55. The molecule has 5 unspecified atom stereocenters. The molecule has 13 atom stereocenters. The van der Waals surface area contributed by atoms with Crippen molar-refractivity contribution in [2.24, 2.45) is 0 Å². The van der Waals surface area contributed by atoms with Gasteiger partial charge in [-0.05, 0) is 11.8 Å². The number of phosphoric acid groups is 4. The number of aromatic nitrogens is 6. The van der Waals surface area contributed by atoms with E-state index in [-0.39, 0.29) is 28.6 Å². The molecule has 8 N–H and O–H groups in total. The van der Waals surface area contributed by atoms with E-state index >= 15 is 0 Å². The van der Waals surface area contributed by atoms with Crippen LogP contribution in [-0.2, 0) is 65.6 Å². The minimum absolute atomic E-state index is 0.0723. The Morgan fingerprint density at radius 2 is 1.43 bits per heavy atom. The first-order valence-corrected chi connectivity index (χ1v) is 28.4. The summed E-state index contributed by atoms with van der Waals surface area (Å²) in [5, 5.41) is 24.6. The number of fused-ring (bicyclic) bond motifs is 2. The maximum Gasteiger partial charge on any atom is 0.490 e. The lowest BCUT2D eigenvalue weighted by Gasteiger charge is -2.23. The Morgan fingerprint density at radius 1 is 0.800 bits per heavy atom. The number of phosphoric ester groups is 2. The number of nitrogens with zero attached hydrogens (tertiary/aromatic N) is 5. The number of aliphatic hydroxyl groups is 2. The molecular formula is C33H42F3N7O21P4S2. The first kappa shape index (κ1) is 54.8. The van der Waals surface area contributed by atoms with Gasteiger partial charge in [0.15, 0.2) is 40.9 Å². The third-order valence-electron chi connectivity index (χ3n) is 9.92. The van der Waals surface area contributed by atoms with Crippen LogP contribution in [0.2, 0.25) is 0 Å². The molecule has 3 aromatic heterocycles. The SMILES string of the molecule is CSCCNc1nc(SCCC(F)(F)F)nc2c1ncn2[C@@H]1O[C@H](COP(=O)(O)OP(=O)(O)OP(=O)(O)OP(=O)(O)OC[C@H]2O[C@@H](n3ccc(=O)[nH]c3=O)[C@@H]3OC(Cc4ccccc4)O[C@@H]32)[C@@H](O)[C@H]1O. The van der Waals surface area contributed by atoms with Crippen molar-refractivity contribution < 1.29 is 102 Å². The summed E-state index contributed by atoms with van der Waals surface area (Å²) in [5.74, 6) is 0.276. The molecule has 0 radical (unpaired) electrons. The van der Waals surface area contributed by atoms with Crippen LogP contribution in [0, 0.1) is 0 Å². The number of ether oxygens (including phenoxy) is 4. The van der Waals surface area contributed by atoms with Gasteiger partial charge >= 0.3 is 43.2 Å². The zero-order valence-corrected chi connectivity index (χ0v) is 40.8. The van der Waals surface area contributed by atoms with E-state index in [2.05, 4.69) is 37.7 Å². The minimum Gasteiger partial charge on any atom is -0.387 e. The number of nitrogens with one attached hydrogen (secondary N) is 2. The molecule has 3 saturated heterocycles. The normalized spacial score (nSPS) is 28.2. The van der Waals surface area contributed by atoms with Crippen LogP contribution in [0.5, 0.6) is 0 Å². The van der Waals surface area contributed by atoms with Crippen molar-refractivity contribution in [1.29, 1.82) is 0 Å². The summed E-state index contributed by atoms with van der Waals surface area (Å²) in [4.78, 5) is 79.9. The Kier molecular flexibility index (Phi) is 17.4. The highest BCUT2D eigenvalue weighted by Crippen LogP contribution is 2.71. The van der Waals surface area contributed by atoms with Crippen molar-refractivity contribution in [3.63, 3.8) is 0 Å². The van der Waals surface area contributed by atoms with Gasteiger partial charge in [0.1, 0.15) is 36.6 Å². The first-order valence-electron chi connectivity index (χ1n) is 20.1. The third kappa shape index (κ3) is 14.2. The number of alkyl halides is 3. The lowest BCUT2D eigenvalue weighted by molar-refractivity contribution is -0.150. The second-order valence-electron chi connectivity index (χ2n) is 15.0. The van der Waals surface area contributed by atoms with Crippen molar-refractivity contribution in [2.75, 3.05) is 42.8 Å². The number of hydrogen-bond donors (Lipinski definition) is 8. The van der Waals surface area contributed by atoms with Crippen LogP contribution in [0.15, 0.2) is 63.7 Å². The number of H-pyrrole nitrogens is 1. The highest BCUT2D eigenvalue weighted by Gasteiger charge is 2.55. The Morgan fingerprint density at radius 3 is 2.07 bits per heavy atom. The van der Waals surface area contributed by atoms with Crippen LogP contribution in [0.25, 0.3) is 11.2 Å². The molecule has 37 heteroatoms. The fraction of sp³-hybridized carbons (Fsp3) is 0.545. The lowest BCUT2D eigenvalue weighted by atomic mass is 10.1. The molecule has 3 aliphatic heterocycles. The number of aromatic amines is 1. The maximum absolute atomic E-state index is 12.9. The molecule has 28 nitrogen and oxygen atoms in total. The topological polar surface area (TPSA) is 383 Å². The molecule has 4 aromatic rings. The van der Waals surface area contributed by atoms with Gasteiger partial charge in [0.05, 0.1) is 26.0 Å². The standard InChI is InChI=1S/C33H42F3N7O21P4S2/c1-69-12-9-37-27-22-28(41-31(40-27)70-11-8-33(34,35)36)43(16-38-22)29-24(46)23(45)18(58-29)14-56-65(48,49)62-67(52,53)64-68(54,55)63-66(50,51)57-15-19-25-26(30(59-19)42-10-7-20(44)39-32(42)47)61-21(60-25)13-17-5-3-2-4-6-17/h2-7,10,16,18-19,21,23-26,29-30,45-46H,8-9,11-15H2,1H3,(H,48,49)(H,50,51)(H,52,53)(H,54,55)(H,37,40,41)(H,39,44,47)/t18-,19-,21?,23-,24-,25-,26-,29-,30-/m1/s1. The Bertz CT molecular complexity index is 2800. The van der Waals surface area contributed by atoms with Crippen LogP contribution in [0.1, 0.15) is 24.4 Å². The average Bonchev–Trinajstić information content (AvgIpc) is 4.01. The van der Waals surface area contributed by atoms with Crippen LogP contribution in [0.3, 0.4) is 0 Å². The van der Waals surface area contributed by atoms with E-state index in [0.29, 0.717) is 24.1 Å². The summed E-state index contributed by atoms with van der Waals surface area (Å²) in [6.45, 7) is -1.85. The Balaban J connectivity index is 0.950. The molecule has 3 fully saturated rings. The summed E-state index contributed by atoms with van der Waals surface area (Å²) in [7, 11) is -24.3. The second-order valence-corrected chi connectivity index (χ2v) is 23.2. The van der Waals surface area contributed by atoms with E-state index < -0.39 is 129 Å². The van der Waals surface area contributed by atoms with Gasteiger partial charge < -0.3 is 54.1 Å². The molecule has 388 valence electrons. The molecule has 0 aliphatic carbocycles. The molecular weight excluding hydrogens is 1080 g/mol. The highest BCUT2D eigenvalue weighted by molar-refractivity contribution is 7.99.